The summed E-state index contributed by atoms with van der Waals surface area (Å²) >= 11 is 1.35. The van der Waals surface area contributed by atoms with Gasteiger partial charge in [0.25, 0.3) is 11.8 Å². The van der Waals surface area contributed by atoms with Gasteiger partial charge in [0.1, 0.15) is 0 Å². The number of hydrogen-bond donors (Lipinski definition) is 2. The summed E-state index contributed by atoms with van der Waals surface area (Å²) in [7, 11) is 0. The molecule has 0 saturated carbocycles. The molecular weight excluding hydrogens is 388 g/mol. The van der Waals surface area contributed by atoms with Crippen molar-refractivity contribution in [3.05, 3.63) is 88.1 Å². The Hall–Kier alpha value is -3.45. The minimum absolute atomic E-state index is 0.186. The minimum Gasteiger partial charge on any atom is -0.452 e. The Balaban J connectivity index is 1.48. The molecule has 1 heterocycles. The van der Waals surface area contributed by atoms with Gasteiger partial charge in [0.05, 0.1) is 16.5 Å². The van der Waals surface area contributed by atoms with Crippen molar-refractivity contribution < 1.29 is 19.1 Å². The predicted molar refractivity (Wildman–Crippen MR) is 112 cm³/mol. The summed E-state index contributed by atoms with van der Waals surface area (Å²) in [5.74, 6) is -1.20. The van der Waals surface area contributed by atoms with Crippen LogP contribution in [-0.4, -0.2) is 24.4 Å². The SMILES string of the molecule is C[C@H](NC(=O)COC(=O)c1ccc(NC(=O)c2cccs2)cc1)c1ccccc1. The monoisotopic (exact) mass is 408 g/mol. The maximum atomic E-state index is 12.1. The fourth-order valence-corrected chi connectivity index (χ4v) is 3.23. The number of esters is 1. The molecule has 2 N–H and O–H groups in total. The number of hydrogen-bond acceptors (Lipinski definition) is 5. The quantitative estimate of drug-likeness (QED) is 0.578. The van der Waals surface area contributed by atoms with Crippen molar-refractivity contribution in [1.82, 2.24) is 5.32 Å². The lowest BCUT2D eigenvalue weighted by molar-refractivity contribution is -0.124. The lowest BCUT2D eigenvalue weighted by Crippen LogP contribution is -2.31. The summed E-state index contributed by atoms with van der Waals surface area (Å²) in [5, 5.41) is 7.36. The van der Waals surface area contributed by atoms with Crippen molar-refractivity contribution in [2.24, 2.45) is 0 Å². The number of amides is 2. The Bertz CT molecular complexity index is 970. The van der Waals surface area contributed by atoms with E-state index in [9.17, 15) is 14.4 Å². The van der Waals surface area contributed by atoms with E-state index in [1.807, 2.05) is 42.6 Å². The van der Waals surface area contributed by atoms with E-state index < -0.39 is 5.97 Å². The normalized spacial score (nSPS) is 11.3. The van der Waals surface area contributed by atoms with E-state index in [1.54, 1.807) is 24.3 Å². The van der Waals surface area contributed by atoms with E-state index >= 15 is 0 Å². The first-order valence-electron chi connectivity index (χ1n) is 8.99. The fraction of sp³-hybridized carbons (Fsp3) is 0.136. The third-order valence-corrected chi connectivity index (χ3v) is 5.00. The van der Waals surface area contributed by atoms with Crippen LogP contribution in [-0.2, 0) is 9.53 Å². The lowest BCUT2D eigenvalue weighted by Gasteiger charge is -2.14. The van der Waals surface area contributed by atoms with Crippen LogP contribution < -0.4 is 10.6 Å². The van der Waals surface area contributed by atoms with E-state index in [1.165, 1.54) is 23.5 Å². The highest BCUT2D eigenvalue weighted by Crippen LogP contribution is 2.15. The van der Waals surface area contributed by atoms with Crippen molar-refractivity contribution in [1.29, 1.82) is 0 Å². The van der Waals surface area contributed by atoms with Gasteiger partial charge in [-0.2, -0.15) is 0 Å². The summed E-state index contributed by atoms with van der Waals surface area (Å²) in [6.45, 7) is 1.49. The molecule has 0 aliphatic heterocycles. The average Bonchev–Trinajstić information content (AvgIpc) is 3.28. The molecule has 3 aromatic rings. The summed E-state index contributed by atoms with van der Waals surface area (Å²) in [5.41, 5.74) is 1.82. The van der Waals surface area contributed by atoms with Crippen LogP contribution in [0.1, 0.15) is 38.6 Å². The molecule has 6 nitrogen and oxygen atoms in total. The second-order valence-electron chi connectivity index (χ2n) is 6.28. The van der Waals surface area contributed by atoms with Crippen molar-refractivity contribution in [3.63, 3.8) is 0 Å². The van der Waals surface area contributed by atoms with Gasteiger partial charge in [-0.25, -0.2) is 4.79 Å². The van der Waals surface area contributed by atoms with Gasteiger partial charge in [0, 0.05) is 5.69 Å². The van der Waals surface area contributed by atoms with Gasteiger partial charge in [0.15, 0.2) is 6.61 Å². The highest BCUT2D eigenvalue weighted by atomic mass is 32.1. The first-order chi connectivity index (χ1) is 14.0. The molecule has 0 unspecified atom stereocenters. The minimum atomic E-state index is -0.608. The molecule has 1 aromatic heterocycles. The zero-order chi connectivity index (χ0) is 20.6. The van der Waals surface area contributed by atoms with Gasteiger partial charge >= 0.3 is 5.97 Å². The molecular formula is C22H20N2O4S. The van der Waals surface area contributed by atoms with Gasteiger partial charge in [0.2, 0.25) is 0 Å². The van der Waals surface area contributed by atoms with Crippen LogP contribution in [0.15, 0.2) is 72.1 Å². The van der Waals surface area contributed by atoms with E-state index in [0.29, 0.717) is 16.1 Å². The van der Waals surface area contributed by atoms with Crippen LogP contribution in [0.25, 0.3) is 0 Å². The molecule has 0 aliphatic rings. The van der Waals surface area contributed by atoms with Crippen LogP contribution in [0, 0.1) is 0 Å². The maximum Gasteiger partial charge on any atom is 0.338 e. The molecule has 0 spiro atoms. The largest absolute Gasteiger partial charge is 0.452 e. The zero-order valence-corrected chi connectivity index (χ0v) is 16.6. The molecule has 3 rings (SSSR count). The van der Waals surface area contributed by atoms with Crippen LogP contribution in [0.4, 0.5) is 5.69 Å². The third kappa shape index (κ3) is 5.76. The summed E-state index contributed by atoms with van der Waals surface area (Å²) < 4.78 is 5.07. The maximum absolute atomic E-state index is 12.1. The average molecular weight is 408 g/mol. The first kappa shape index (κ1) is 20.3. The Morgan fingerprint density at radius 2 is 1.69 bits per heavy atom. The van der Waals surface area contributed by atoms with E-state index in [0.717, 1.165) is 5.56 Å². The Morgan fingerprint density at radius 1 is 0.966 bits per heavy atom. The Kier molecular flexibility index (Phi) is 6.76. The van der Waals surface area contributed by atoms with E-state index in [2.05, 4.69) is 10.6 Å². The molecule has 0 radical (unpaired) electrons. The van der Waals surface area contributed by atoms with Crippen molar-refractivity contribution in [2.75, 3.05) is 11.9 Å². The molecule has 0 fully saturated rings. The third-order valence-electron chi connectivity index (χ3n) is 4.13. The molecule has 0 aliphatic carbocycles. The number of benzene rings is 2. The van der Waals surface area contributed by atoms with Crippen molar-refractivity contribution in [2.45, 2.75) is 13.0 Å². The molecule has 2 aromatic carbocycles. The molecule has 148 valence electrons. The Labute approximate surface area is 172 Å². The van der Waals surface area contributed by atoms with Crippen molar-refractivity contribution >= 4 is 34.8 Å². The second kappa shape index (κ2) is 9.66. The summed E-state index contributed by atoms with van der Waals surface area (Å²) in [6, 6.07) is 19.2. The van der Waals surface area contributed by atoms with Gasteiger partial charge < -0.3 is 15.4 Å². The molecule has 0 bridgehead atoms. The molecule has 0 saturated heterocycles. The van der Waals surface area contributed by atoms with E-state index in [-0.39, 0.29) is 24.5 Å². The van der Waals surface area contributed by atoms with Crippen molar-refractivity contribution in [3.8, 4) is 0 Å². The lowest BCUT2D eigenvalue weighted by atomic mass is 10.1. The molecule has 1 atom stereocenters. The highest BCUT2D eigenvalue weighted by Gasteiger charge is 2.13. The standard InChI is InChI=1S/C22H20N2O4S/c1-15(16-6-3-2-4-7-16)23-20(25)14-28-22(27)17-9-11-18(12-10-17)24-21(26)19-8-5-13-29-19/h2-13,15H,14H2,1H3,(H,23,25)(H,24,26)/t15-/m0/s1. The highest BCUT2D eigenvalue weighted by molar-refractivity contribution is 7.12. The number of nitrogens with one attached hydrogen (secondary N) is 2. The van der Waals surface area contributed by atoms with E-state index in [4.69, 9.17) is 4.74 Å². The smallest absolute Gasteiger partial charge is 0.338 e. The zero-order valence-electron chi connectivity index (χ0n) is 15.8. The number of thiophene rings is 1. The van der Waals surface area contributed by atoms with Crippen LogP contribution in [0.3, 0.4) is 0 Å². The van der Waals surface area contributed by atoms with Gasteiger partial charge in [-0.3, -0.25) is 9.59 Å². The number of carbonyl (C=O) groups is 3. The summed E-state index contributed by atoms with van der Waals surface area (Å²) in [4.78, 5) is 36.8. The Morgan fingerprint density at radius 3 is 2.34 bits per heavy atom. The van der Waals surface area contributed by atoms with Gasteiger partial charge in [-0.05, 0) is 48.2 Å². The fourth-order valence-electron chi connectivity index (χ4n) is 2.61. The van der Waals surface area contributed by atoms with Crippen LogP contribution in [0.2, 0.25) is 0 Å². The topological polar surface area (TPSA) is 84.5 Å². The molecule has 2 amide bonds. The predicted octanol–water partition coefficient (Wildman–Crippen LogP) is 4.03. The van der Waals surface area contributed by atoms with Gasteiger partial charge in [-0.15, -0.1) is 11.3 Å². The van der Waals surface area contributed by atoms with Crippen LogP contribution >= 0.6 is 11.3 Å². The van der Waals surface area contributed by atoms with Gasteiger partial charge in [-0.1, -0.05) is 36.4 Å². The number of carbonyl (C=O) groups excluding carboxylic acids is 3. The number of ether oxygens (including phenoxy) is 1. The van der Waals surface area contributed by atoms with Crippen LogP contribution in [0.5, 0.6) is 0 Å². The second-order valence-corrected chi connectivity index (χ2v) is 7.23. The number of rotatable bonds is 7. The molecule has 7 heteroatoms. The first-order valence-corrected chi connectivity index (χ1v) is 9.87. The number of anilines is 1. The molecule has 29 heavy (non-hydrogen) atoms. The summed E-state index contributed by atoms with van der Waals surface area (Å²) in [6.07, 6.45) is 0.